The van der Waals surface area contributed by atoms with Gasteiger partial charge in [-0.1, -0.05) is 48.5 Å². The minimum atomic E-state index is -3.87. The van der Waals surface area contributed by atoms with Crippen LogP contribution >= 0.6 is 0 Å². The Hall–Kier alpha value is -3.86. The molecule has 1 aliphatic heterocycles. The van der Waals surface area contributed by atoms with Crippen LogP contribution in [-0.2, 0) is 23.1 Å². The molecule has 0 spiro atoms. The number of hydrogen-bond acceptors (Lipinski definition) is 7. The molecule has 1 aromatic heterocycles. The largest absolute Gasteiger partial charge is 0.395 e. The summed E-state index contributed by atoms with van der Waals surface area (Å²) in [6, 6.07) is 19.6. The monoisotopic (exact) mass is 489 g/mol. The summed E-state index contributed by atoms with van der Waals surface area (Å²) in [5.41, 5.74) is 9.77. The summed E-state index contributed by atoms with van der Waals surface area (Å²) in [5.74, 6) is -0.288. The maximum Gasteiger partial charge on any atom is 0.273 e. The number of sulfonamides is 1. The molecule has 3 aromatic carbocycles. The molecule has 0 saturated carbocycles. The molecular weight excluding hydrogens is 466 g/mol. The van der Waals surface area contributed by atoms with Gasteiger partial charge in [-0.05, 0) is 34.9 Å². The highest BCUT2D eigenvalue weighted by Crippen LogP contribution is 2.32. The van der Waals surface area contributed by atoms with Gasteiger partial charge in [0.2, 0.25) is 16.0 Å². The molecule has 178 valence electrons. The lowest BCUT2D eigenvalue weighted by Crippen LogP contribution is -2.27. The third kappa shape index (κ3) is 4.34. The zero-order chi connectivity index (χ0) is 24.6. The third-order valence-corrected chi connectivity index (χ3v) is 7.45. The fourth-order valence-electron chi connectivity index (χ4n) is 4.30. The second-order valence-corrected chi connectivity index (χ2v) is 9.95. The zero-order valence-electron chi connectivity index (χ0n) is 18.7. The number of rotatable bonds is 6. The van der Waals surface area contributed by atoms with E-state index in [0.29, 0.717) is 35.1 Å². The summed E-state index contributed by atoms with van der Waals surface area (Å²) in [6.45, 7) is 0.524. The number of nitrogen functional groups attached to an aromatic ring is 1. The topological polar surface area (TPSA) is 139 Å². The number of aliphatic hydroxyl groups excluding tert-OH is 1. The van der Waals surface area contributed by atoms with Gasteiger partial charge in [-0.2, -0.15) is 0 Å². The number of nitrogens with two attached hydrogens (primary N) is 1. The molecule has 2 heterocycles. The number of aliphatic hydroxyl groups is 1. The number of aromatic nitrogens is 2. The molecular formula is C25H23N5O4S. The van der Waals surface area contributed by atoms with E-state index in [0.717, 1.165) is 11.1 Å². The number of anilines is 1. The van der Waals surface area contributed by atoms with Crippen LogP contribution in [0.5, 0.6) is 0 Å². The maximum atomic E-state index is 13.5. The molecule has 1 amide bonds. The van der Waals surface area contributed by atoms with Crippen molar-refractivity contribution in [2.24, 2.45) is 0 Å². The minimum Gasteiger partial charge on any atom is -0.395 e. The molecule has 0 atom stereocenters. The molecule has 1 aliphatic rings. The zero-order valence-corrected chi connectivity index (χ0v) is 19.5. The number of fused-ring (bicyclic) bond motifs is 2. The molecule has 5 rings (SSSR count). The predicted octanol–water partition coefficient (Wildman–Crippen LogP) is 2.31. The van der Waals surface area contributed by atoms with Crippen LogP contribution in [-0.4, -0.2) is 47.5 Å². The normalized spacial score (nSPS) is 13.2. The van der Waals surface area contributed by atoms with Gasteiger partial charge in [0.1, 0.15) is 5.69 Å². The Labute approximate surface area is 202 Å². The first kappa shape index (κ1) is 22.9. The average Bonchev–Trinajstić information content (AvgIpc) is 3.31. The Morgan fingerprint density at radius 2 is 1.69 bits per heavy atom. The van der Waals surface area contributed by atoms with E-state index in [-0.39, 0.29) is 35.6 Å². The molecule has 0 aliphatic carbocycles. The SMILES string of the molecule is Nc1nc(C(=O)N2Cc3ccccc3C2)c2cc(-c3ccccc3S(=O)(=O)NCCO)ccc2n1. The van der Waals surface area contributed by atoms with Gasteiger partial charge in [0, 0.05) is 30.6 Å². The lowest BCUT2D eigenvalue weighted by Gasteiger charge is -2.17. The van der Waals surface area contributed by atoms with E-state index in [9.17, 15) is 13.2 Å². The predicted molar refractivity (Wildman–Crippen MR) is 132 cm³/mol. The van der Waals surface area contributed by atoms with E-state index < -0.39 is 10.0 Å². The Morgan fingerprint density at radius 1 is 1.00 bits per heavy atom. The highest BCUT2D eigenvalue weighted by Gasteiger charge is 2.27. The van der Waals surface area contributed by atoms with E-state index in [1.807, 2.05) is 24.3 Å². The minimum absolute atomic E-state index is 0.0125. The van der Waals surface area contributed by atoms with Gasteiger partial charge in [0.25, 0.3) is 5.91 Å². The van der Waals surface area contributed by atoms with Gasteiger partial charge in [-0.25, -0.2) is 23.1 Å². The van der Waals surface area contributed by atoms with E-state index in [2.05, 4.69) is 14.7 Å². The fraction of sp³-hybridized carbons (Fsp3) is 0.160. The number of carbonyl (C=O) groups excluding carboxylic acids is 1. The van der Waals surface area contributed by atoms with Crippen molar-refractivity contribution < 1.29 is 18.3 Å². The highest BCUT2D eigenvalue weighted by molar-refractivity contribution is 7.89. The van der Waals surface area contributed by atoms with E-state index >= 15 is 0 Å². The Bertz CT molecular complexity index is 1530. The Morgan fingerprint density at radius 3 is 2.40 bits per heavy atom. The van der Waals surface area contributed by atoms with Crippen molar-refractivity contribution in [3.8, 4) is 11.1 Å². The van der Waals surface area contributed by atoms with Crippen LogP contribution in [0.2, 0.25) is 0 Å². The summed E-state index contributed by atoms with van der Waals surface area (Å²) >= 11 is 0. The van der Waals surface area contributed by atoms with Crippen LogP contribution in [0.15, 0.2) is 71.6 Å². The van der Waals surface area contributed by atoms with Gasteiger partial charge >= 0.3 is 0 Å². The van der Waals surface area contributed by atoms with Crippen molar-refractivity contribution in [3.05, 3.63) is 83.6 Å². The molecule has 9 nitrogen and oxygen atoms in total. The smallest absolute Gasteiger partial charge is 0.273 e. The van der Waals surface area contributed by atoms with Gasteiger partial charge in [-0.3, -0.25) is 4.79 Å². The molecule has 4 N–H and O–H groups in total. The van der Waals surface area contributed by atoms with Crippen LogP contribution < -0.4 is 10.5 Å². The van der Waals surface area contributed by atoms with Crippen molar-refractivity contribution in [3.63, 3.8) is 0 Å². The van der Waals surface area contributed by atoms with Gasteiger partial charge in [0.15, 0.2) is 0 Å². The number of nitrogens with one attached hydrogen (secondary N) is 1. The van der Waals surface area contributed by atoms with E-state index in [1.165, 1.54) is 6.07 Å². The number of carbonyl (C=O) groups is 1. The Kier molecular flexibility index (Phi) is 5.93. The quantitative estimate of drug-likeness (QED) is 0.378. The Balaban J connectivity index is 1.59. The molecule has 10 heteroatoms. The summed E-state index contributed by atoms with van der Waals surface area (Å²) < 4.78 is 28.0. The first-order valence-corrected chi connectivity index (χ1v) is 12.5. The second kappa shape index (κ2) is 9.06. The van der Waals surface area contributed by atoms with E-state index in [1.54, 1.807) is 41.3 Å². The van der Waals surface area contributed by atoms with E-state index in [4.69, 9.17) is 10.8 Å². The van der Waals surface area contributed by atoms with Crippen LogP contribution in [0.3, 0.4) is 0 Å². The second-order valence-electron chi connectivity index (χ2n) is 8.21. The first-order chi connectivity index (χ1) is 16.9. The van der Waals surface area contributed by atoms with Gasteiger partial charge < -0.3 is 15.7 Å². The first-order valence-electron chi connectivity index (χ1n) is 11.0. The summed E-state index contributed by atoms with van der Waals surface area (Å²) in [7, 11) is -3.87. The molecule has 0 radical (unpaired) electrons. The summed E-state index contributed by atoms with van der Waals surface area (Å²) in [5, 5.41) is 9.53. The van der Waals surface area contributed by atoms with Crippen LogP contribution in [0.1, 0.15) is 21.6 Å². The maximum absolute atomic E-state index is 13.5. The highest BCUT2D eigenvalue weighted by atomic mass is 32.2. The van der Waals surface area contributed by atoms with Crippen molar-refractivity contribution in [2.45, 2.75) is 18.0 Å². The van der Waals surface area contributed by atoms with Crippen LogP contribution in [0.25, 0.3) is 22.0 Å². The van der Waals surface area contributed by atoms with Crippen molar-refractivity contribution in [1.82, 2.24) is 19.6 Å². The van der Waals surface area contributed by atoms with Crippen molar-refractivity contribution >= 4 is 32.8 Å². The lowest BCUT2D eigenvalue weighted by molar-refractivity contribution is 0.0747. The van der Waals surface area contributed by atoms with Crippen LogP contribution in [0.4, 0.5) is 5.95 Å². The van der Waals surface area contributed by atoms with Crippen molar-refractivity contribution in [2.75, 3.05) is 18.9 Å². The average molecular weight is 490 g/mol. The number of nitrogens with zero attached hydrogens (tertiary/aromatic N) is 3. The molecule has 0 unspecified atom stereocenters. The molecule has 35 heavy (non-hydrogen) atoms. The molecule has 0 saturated heterocycles. The third-order valence-electron chi connectivity index (χ3n) is 5.94. The fourth-order valence-corrected chi connectivity index (χ4v) is 5.55. The molecule has 4 aromatic rings. The van der Waals surface area contributed by atoms with Gasteiger partial charge in [0.05, 0.1) is 17.0 Å². The standard InChI is InChI=1S/C25H23N5O4S/c26-25-28-21-10-9-16(19-7-3-4-8-22(19)35(33,34)27-11-12-31)13-20(21)23(29-25)24(32)30-14-17-5-1-2-6-18(17)15-30/h1-10,13,27,31H,11-12,14-15H2,(H2,26,28,29). The lowest BCUT2D eigenvalue weighted by atomic mass is 10.0. The van der Waals surface area contributed by atoms with Gasteiger partial charge in [-0.15, -0.1) is 0 Å². The number of amides is 1. The van der Waals surface area contributed by atoms with Crippen LogP contribution in [0, 0.1) is 0 Å². The molecule has 0 fully saturated rings. The summed E-state index contributed by atoms with van der Waals surface area (Å²) in [6.07, 6.45) is 0. The number of benzene rings is 3. The number of hydrogen-bond donors (Lipinski definition) is 3. The summed E-state index contributed by atoms with van der Waals surface area (Å²) in [4.78, 5) is 23.8. The van der Waals surface area contributed by atoms with Crippen molar-refractivity contribution in [1.29, 1.82) is 0 Å². The molecule has 0 bridgehead atoms.